The molecule has 1 aromatic heterocycles. The van der Waals surface area contributed by atoms with E-state index in [2.05, 4.69) is 15.6 Å². The number of rotatable bonds is 3. The number of nitrogens with one attached hydrogen (secondary N) is 2. The summed E-state index contributed by atoms with van der Waals surface area (Å²) in [6.45, 7) is 0.841. The van der Waals surface area contributed by atoms with Crippen molar-refractivity contribution in [3.8, 4) is 0 Å². The van der Waals surface area contributed by atoms with E-state index in [1.165, 1.54) is 11.3 Å². The Kier molecular flexibility index (Phi) is 3.44. The summed E-state index contributed by atoms with van der Waals surface area (Å²) in [6.07, 6.45) is -0.329. The molecule has 1 aromatic carbocycles. The molecule has 2 aromatic rings. The van der Waals surface area contributed by atoms with Gasteiger partial charge in [0.25, 0.3) is 5.91 Å². The number of amides is 1. The molecule has 0 saturated carbocycles. The predicted molar refractivity (Wildman–Crippen MR) is 73.3 cm³/mol. The highest BCUT2D eigenvalue weighted by Gasteiger charge is 2.23. The summed E-state index contributed by atoms with van der Waals surface area (Å²) in [4.78, 5) is 16.2. The third-order valence-electron chi connectivity index (χ3n) is 3.27. The number of carbonyl (C=O) groups excluding carboxylic acids is 1. The Labute approximate surface area is 114 Å². The van der Waals surface area contributed by atoms with E-state index in [1.54, 1.807) is 11.6 Å². The van der Waals surface area contributed by atoms with Crippen molar-refractivity contribution >= 4 is 27.5 Å². The first-order valence-corrected chi connectivity index (χ1v) is 7.09. The SMILES string of the molecule is O=C(NC[C@@H]1C[C@H](F)CN1)c1ccc2ncsc2c1. The summed E-state index contributed by atoms with van der Waals surface area (Å²) >= 11 is 1.51. The van der Waals surface area contributed by atoms with Crippen LogP contribution < -0.4 is 10.6 Å². The molecule has 1 saturated heterocycles. The molecule has 1 amide bonds. The van der Waals surface area contributed by atoms with Crippen molar-refractivity contribution < 1.29 is 9.18 Å². The zero-order valence-electron chi connectivity index (χ0n) is 10.2. The van der Waals surface area contributed by atoms with Crippen molar-refractivity contribution in [2.24, 2.45) is 0 Å². The Bertz CT molecular complexity index is 600. The number of nitrogens with zero attached hydrogens (tertiary/aromatic N) is 1. The van der Waals surface area contributed by atoms with Crippen molar-refractivity contribution in [1.82, 2.24) is 15.6 Å². The van der Waals surface area contributed by atoms with Gasteiger partial charge in [-0.05, 0) is 24.6 Å². The highest BCUT2D eigenvalue weighted by atomic mass is 32.1. The Hall–Kier alpha value is -1.53. The van der Waals surface area contributed by atoms with Crippen molar-refractivity contribution in [2.45, 2.75) is 18.6 Å². The quantitative estimate of drug-likeness (QED) is 0.899. The summed E-state index contributed by atoms with van der Waals surface area (Å²) in [5, 5.41) is 5.88. The van der Waals surface area contributed by atoms with Crippen molar-refractivity contribution in [3.63, 3.8) is 0 Å². The lowest BCUT2D eigenvalue weighted by molar-refractivity contribution is 0.0950. The Balaban J connectivity index is 1.63. The second kappa shape index (κ2) is 5.22. The van der Waals surface area contributed by atoms with Gasteiger partial charge in [0.15, 0.2) is 0 Å². The lowest BCUT2D eigenvalue weighted by Crippen LogP contribution is -2.37. The first-order chi connectivity index (χ1) is 9.22. The highest BCUT2D eigenvalue weighted by molar-refractivity contribution is 7.16. The molecule has 1 fully saturated rings. The third-order valence-corrected chi connectivity index (χ3v) is 4.06. The number of thiazole rings is 1. The van der Waals surface area contributed by atoms with Crippen LogP contribution in [0.25, 0.3) is 10.2 Å². The summed E-state index contributed by atoms with van der Waals surface area (Å²) in [5.41, 5.74) is 3.28. The molecule has 6 heteroatoms. The molecule has 2 N–H and O–H groups in total. The van der Waals surface area contributed by atoms with Crippen LogP contribution >= 0.6 is 11.3 Å². The molecular weight excluding hydrogens is 265 g/mol. The zero-order chi connectivity index (χ0) is 13.2. The lowest BCUT2D eigenvalue weighted by atomic mass is 10.2. The minimum atomic E-state index is -0.796. The average molecular weight is 279 g/mol. The standard InChI is InChI=1S/C13H14FN3OS/c14-9-4-10(15-5-9)6-16-13(18)8-1-2-11-12(3-8)19-7-17-11/h1-3,7,9-10,15H,4-6H2,(H,16,18)/t9-,10-/m0/s1. The van der Waals surface area contributed by atoms with Gasteiger partial charge in [-0.2, -0.15) is 0 Å². The number of halogens is 1. The van der Waals surface area contributed by atoms with Crippen LogP contribution in [0.1, 0.15) is 16.8 Å². The molecule has 0 radical (unpaired) electrons. The molecule has 0 bridgehead atoms. The lowest BCUT2D eigenvalue weighted by Gasteiger charge is -2.11. The molecule has 4 nitrogen and oxygen atoms in total. The smallest absolute Gasteiger partial charge is 0.251 e. The number of alkyl halides is 1. The van der Waals surface area contributed by atoms with Gasteiger partial charge >= 0.3 is 0 Å². The molecule has 19 heavy (non-hydrogen) atoms. The molecule has 0 aliphatic carbocycles. The maximum atomic E-state index is 13.0. The number of aromatic nitrogens is 1. The van der Waals surface area contributed by atoms with E-state index in [-0.39, 0.29) is 11.9 Å². The zero-order valence-corrected chi connectivity index (χ0v) is 11.0. The van der Waals surface area contributed by atoms with E-state index >= 15 is 0 Å². The fraction of sp³-hybridized carbons (Fsp3) is 0.385. The van der Waals surface area contributed by atoms with Gasteiger partial charge in [0.05, 0.1) is 15.7 Å². The van der Waals surface area contributed by atoms with Gasteiger partial charge < -0.3 is 10.6 Å². The van der Waals surface area contributed by atoms with Crippen LogP contribution in [-0.4, -0.2) is 36.2 Å². The minimum absolute atomic E-state index is 0.0334. The van der Waals surface area contributed by atoms with Crippen molar-refractivity contribution in [1.29, 1.82) is 0 Å². The maximum absolute atomic E-state index is 13.0. The molecule has 3 rings (SSSR count). The van der Waals surface area contributed by atoms with E-state index in [4.69, 9.17) is 0 Å². The van der Waals surface area contributed by atoms with Gasteiger partial charge in [0, 0.05) is 24.7 Å². The predicted octanol–water partition coefficient (Wildman–Crippen LogP) is 1.73. The fourth-order valence-corrected chi connectivity index (χ4v) is 2.96. The van der Waals surface area contributed by atoms with Gasteiger partial charge in [-0.15, -0.1) is 11.3 Å². The van der Waals surface area contributed by atoms with E-state index in [0.717, 1.165) is 10.2 Å². The van der Waals surface area contributed by atoms with E-state index < -0.39 is 6.17 Å². The Morgan fingerprint density at radius 2 is 2.47 bits per heavy atom. The van der Waals surface area contributed by atoms with Crippen LogP contribution in [0.15, 0.2) is 23.7 Å². The summed E-state index contributed by atoms with van der Waals surface area (Å²) in [5.74, 6) is -0.126. The second-order valence-electron chi connectivity index (χ2n) is 4.68. The normalized spacial score (nSPS) is 22.8. The van der Waals surface area contributed by atoms with Gasteiger partial charge in [-0.3, -0.25) is 4.79 Å². The molecule has 1 aliphatic heterocycles. The van der Waals surface area contributed by atoms with Gasteiger partial charge in [0.2, 0.25) is 0 Å². The number of fused-ring (bicyclic) bond motifs is 1. The summed E-state index contributed by atoms with van der Waals surface area (Å²) in [7, 11) is 0. The highest BCUT2D eigenvalue weighted by Crippen LogP contribution is 2.19. The van der Waals surface area contributed by atoms with E-state index in [0.29, 0.717) is 25.1 Å². The molecule has 100 valence electrons. The van der Waals surface area contributed by atoms with Crippen LogP contribution in [-0.2, 0) is 0 Å². The molecule has 2 atom stereocenters. The molecule has 0 unspecified atom stereocenters. The molecule has 2 heterocycles. The Morgan fingerprint density at radius 1 is 1.58 bits per heavy atom. The topological polar surface area (TPSA) is 54.0 Å². The summed E-state index contributed by atoms with van der Waals surface area (Å²) in [6, 6.07) is 5.47. The van der Waals surface area contributed by atoms with Gasteiger partial charge in [-0.1, -0.05) is 0 Å². The van der Waals surface area contributed by atoms with E-state index in [9.17, 15) is 9.18 Å². The molecule has 0 spiro atoms. The van der Waals surface area contributed by atoms with Crippen LogP contribution in [0.3, 0.4) is 0 Å². The number of benzene rings is 1. The summed E-state index contributed by atoms with van der Waals surface area (Å²) < 4.78 is 14.0. The second-order valence-corrected chi connectivity index (χ2v) is 5.57. The van der Waals surface area contributed by atoms with Crippen LogP contribution in [0.5, 0.6) is 0 Å². The Morgan fingerprint density at radius 3 is 3.26 bits per heavy atom. The first kappa shape index (κ1) is 12.5. The average Bonchev–Trinajstić information content (AvgIpc) is 3.03. The van der Waals surface area contributed by atoms with E-state index in [1.807, 2.05) is 12.1 Å². The van der Waals surface area contributed by atoms with Crippen molar-refractivity contribution in [3.05, 3.63) is 29.3 Å². The number of hydrogen-bond acceptors (Lipinski definition) is 4. The molecule has 1 aliphatic rings. The first-order valence-electron chi connectivity index (χ1n) is 6.21. The maximum Gasteiger partial charge on any atom is 0.251 e. The monoisotopic (exact) mass is 279 g/mol. The van der Waals surface area contributed by atoms with Crippen LogP contribution in [0.4, 0.5) is 4.39 Å². The van der Waals surface area contributed by atoms with Gasteiger partial charge in [-0.25, -0.2) is 9.37 Å². The third kappa shape index (κ3) is 2.74. The number of hydrogen-bond donors (Lipinski definition) is 2. The minimum Gasteiger partial charge on any atom is -0.350 e. The molecular formula is C13H14FN3OS. The largest absolute Gasteiger partial charge is 0.350 e. The van der Waals surface area contributed by atoms with Crippen LogP contribution in [0, 0.1) is 0 Å². The van der Waals surface area contributed by atoms with Crippen molar-refractivity contribution in [2.75, 3.05) is 13.1 Å². The number of carbonyl (C=O) groups is 1. The fourth-order valence-electron chi connectivity index (χ4n) is 2.24. The van der Waals surface area contributed by atoms with Gasteiger partial charge in [0.1, 0.15) is 6.17 Å². The van der Waals surface area contributed by atoms with Crippen LogP contribution in [0.2, 0.25) is 0 Å².